The van der Waals surface area contributed by atoms with E-state index in [9.17, 15) is 0 Å². The molecule has 0 bridgehead atoms. The Morgan fingerprint density at radius 3 is 1.39 bits per heavy atom. The van der Waals surface area contributed by atoms with Crippen LogP contribution in [0.4, 0.5) is 0 Å². The third kappa shape index (κ3) is 9.83. The maximum atomic E-state index is 5.54. The molecule has 0 radical (unpaired) electrons. The van der Waals surface area contributed by atoms with Crippen LogP contribution in [-0.4, -0.2) is 52.9 Å². The molecular weight excluding hydrogens is 232 g/mol. The lowest BCUT2D eigenvalue weighted by Crippen LogP contribution is -2.18. The molecule has 18 heavy (non-hydrogen) atoms. The van der Waals surface area contributed by atoms with Gasteiger partial charge < -0.3 is 18.9 Å². The number of unbranched alkanes of at least 4 members (excludes halogenated alkanes) is 1. The molecule has 4 nitrogen and oxygen atoms in total. The predicted molar refractivity (Wildman–Crippen MR) is 73.0 cm³/mol. The topological polar surface area (TPSA) is 36.9 Å². The summed E-state index contributed by atoms with van der Waals surface area (Å²) in [5, 5.41) is 0. The number of hydrogen-bond donors (Lipinski definition) is 0. The van der Waals surface area contributed by atoms with Crippen LogP contribution in [-0.2, 0) is 18.9 Å². The highest BCUT2D eigenvalue weighted by atomic mass is 16.5. The van der Waals surface area contributed by atoms with Gasteiger partial charge in [-0.3, -0.25) is 0 Å². The van der Waals surface area contributed by atoms with Crippen LogP contribution in [0.3, 0.4) is 0 Å². The zero-order valence-electron chi connectivity index (χ0n) is 12.4. The number of rotatable bonds is 13. The van der Waals surface area contributed by atoms with E-state index in [2.05, 4.69) is 13.8 Å². The van der Waals surface area contributed by atoms with Gasteiger partial charge in [-0.05, 0) is 25.7 Å². The van der Waals surface area contributed by atoms with Crippen LogP contribution in [0.25, 0.3) is 0 Å². The molecule has 0 saturated carbocycles. The van der Waals surface area contributed by atoms with Gasteiger partial charge in [0.1, 0.15) is 0 Å². The summed E-state index contributed by atoms with van der Waals surface area (Å²) < 4.78 is 21.5. The highest BCUT2D eigenvalue weighted by Gasteiger charge is 2.04. The van der Waals surface area contributed by atoms with Gasteiger partial charge in [-0.2, -0.15) is 0 Å². The van der Waals surface area contributed by atoms with E-state index in [1.165, 1.54) is 0 Å². The maximum absolute atomic E-state index is 5.54. The molecule has 4 heteroatoms. The summed E-state index contributed by atoms with van der Waals surface area (Å²) in [6.45, 7) is 7.15. The Morgan fingerprint density at radius 2 is 1.11 bits per heavy atom. The first-order chi connectivity index (χ1) is 8.78. The van der Waals surface area contributed by atoms with Crippen LogP contribution >= 0.6 is 0 Å². The molecule has 0 fully saturated rings. The van der Waals surface area contributed by atoms with Gasteiger partial charge in [0.25, 0.3) is 0 Å². The molecule has 2 unspecified atom stereocenters. The van der Waals surface area contributed by atoms with E-state index in [-0.39, 0.29) is 12.2 Å². The summed E-state index contributed by atoms with van der Waals surface area (Å²) in [5.74, 6) is 0. The van der Waals surface area contributed by atoms with Gasteiger partial charge in [0.15, 0.2) is 0 Å². The van der Waals surface area contributed by atoms with Gasteiger partial charge in [0.05, 0.1) is 25.4 Å². The molecule has 0 aromatic rings. The van der Waals surface area contributed by atoms with Crippen molar-refractivity contribution < 1.29 is 18.9 Å². The average Bonchev–Trinajstić information content (AvgIpc) is 2.41. The van der Waals surface area contributed by atoms with E-state index in [0.717, 1.165) is 38.9 Å². The summed E-state index contributed by atoms with van der Waals surface area (Å²) >= 11 is 0. The van der Waals surface area contributed by atoms with Crippen LogP contribution < -0.4 is 0 Å². The van der Waals surface area contributed by atoms with E-state index in [1.807, 2.05) is 0 Å². The minimum Gasteiger partial charge on any atom is -0.379 e. The molecule has 0 aliphatic rings. The number of methoxy groups -OCH3 is 2. The molecule has 0 aromatic carbocycles. The van der Waals surface area contributed by atoms with Crippen LogP contribution in [0.15, 0.2) is 0 Å². The smallest absolute Gasteiger partial charge is 0.0802 e. The molecule has 0 saturated heterocycles. The van der Waals surface area contributed by atoms with Gasteiger partial charge in [0.2, 0.25) is 0 Å². The minimum absolute atomic E-state index is 0.230. The Labute approximate surface area is 112 Å². The van der Waals surface area contributed by atoms with Gasteiger partial charge in [0, 0.05) is 27.4 Å². The molecule has 0 amide bonds. The second-order valence-electron chi connectivity index (χ2n) is 4.39. The van der Waals surface area contributed by atoms with Gasteiger partial charge in [-0.25, -0.2) is 0 Å². The van der Waals surface area contributed by atoms with Crippen molar-refractivity contribution in [1.29, 1.82) is 0 Å². The second kappa shape index (κ2) is 13.3. The fourth-order valence-electron chi connectivity index (χ4n) is 1.54. The first-order valence-electron chi connectivity index (χ1n) is 6.99. The van der Waals surface area contributed by atoms with Crippen molar-refractivity contribution in [3.8, 4) is 0 Å². The first kappa shape index (κ1) is 17.8. The van der Waals surface area contributed by atoms with E-state index >= 15 is 0 Å². The number of hydrogen-bond acceptors (Lipinski definition) is 4. The monoisotopic (exact) mass is 262 g/mol. The van der Waals surface area contributed by atoms with E-state index in [4.69, 9.17) is 18.9 Å². The molecule has 0 aliphatic carbocycles. The highest BCUT2D eigenvalue weighted by Crippen LogP contribution is 2.00. The lowest BCUT2D eigenvalue weighted by Gasteiger charge is -2.14. The molecule has 110 valence electrons. The van der Waals surface area contributed by atoms with Crippen LogP contribution in [0.2, 0.25) is 0 Å². The molecular formula is C14H30O4. The Balaban J connectivity index is 3.21. The average molecular weight is 262 g/mol. The van der Waals surface area contributed by atoms with Crippen molar-refractivity contribution in [2.24, 2.45) is 0 Å². The molecule has 0 N–H and O–H groups in total. The molecule has 0 aromatic heterocycles. The third-order valence-electron chi connectivity index (χ3n) is 3.01. The fraction of sp³-hybridized carbons (Fsp3) is 1.00. The maximum Gasteiger partial charge on any atom is 0.0802 e. The second-order valence-corrected chi connectivity index (χ2v) is 4.39. The Kier molecular flexibility index (Phi) is 13.2. The molecule has 0 aliphatic heterocycles. The van der Waals surface area contributed by atoms with Crippen molar-refractivity contribution in [2.45, 2.75) is 51.7 Å². The standard InChI is InChI=1S/C14H30O4/c1-5-13(15-3)11-17-9-7-8-10-18-12-14(6-2)16-4/h13-14H,5-12H2,1-4H3. The molecule has 0 heterocycles. The Morgan fingerprint density at radius 1 is 0.722 bits per heavy atom. The lowest BCUT2D eigenvalue weighted by atomic mass is 10.3. The largest absolute Gasteiger partial charge is 0.379 e. The summed E-state index contributed by atoms with van der Waals surface area (Å²) in [4.78, 5) is 0. The Bertz CT molecular complexity index is 138. The van der Waals surface area contributed by atoms with E-state index in [1.54, 1.807) is 14.2 Å². The Hall–Kier alpha value is -0.160. The van der Waals surface area contributed by atoms with Crippen LogP contribution in [0.5, 0.6) is 0 Å². The lowest BCUT2D eigenvalue weighted by molar-refractivity contribution is -0.00438. The summed E-state index contributed by atoms with van der Waals surface area (Å²) in [6.07, 6.45) is 4.51. The molecule has 0 rings (SSSR count). The van der Waals surface area contributed by atoms with Gasteiger partial charge in [-0.1, -0.05) is 13.8 Å². The predicted octanol–water partition coefficient (Wildman–Crippen LogP) is 2.65. The van der Waals surface area contributed by atoms with E-state index < -0.39 is 0 Å². The van der Waals surface area contributed by atoms with Crippen LogP contribution in [0, 0.1) is 0 Å². The van der Waals surface area contributed by atoms with E-state index in [0.29, 0.717) is 13.2 Å². The summed E-state index contributed by atoms with van der Waals surface area (Å²) in [5.41, 5.74) is 0. The molecule has 2 atom stereocenters. The fourth-order valence-corrected chi connectivity index (χ4v) is 1.54. The van der Waals surface area contributed by atoms with Crippen molar-refractivity contribution >= 4 is 0 Å². The van der Waals surface area contributed by atoms with Gasteiger partial charge in [-0.15, -0.1) is 0 Å². The minimum atomic E-state index is 0.230. The van der Waals surface area contributed by atoms with Crippen molar-refractivity contribution in [3.63, 3.8) is 0 Å². The zero-order chi connectivity index (χ0) is 13.6. The van der Waals surface area contributed by atoms with Crippen molar-refractivity contribution in [1.82, 2.24) is 0 Å². The number of ether oxygens (including phenoxy) is 4. The van der Waals surface area contributed by atoms with Crippen LogP contribution in [0.1, 0.15) is 39.5 Å². The quantitative estimate of drug-likeness (QED) is 0.478. The normalized spacial score (nSPS) is 14.7. The first-order valence-corrected chi connectivity index (χ1v) is 6.99. The van der Waals surface area contributed by atoms with Crippen molar-refractivity contribution in [2.75, 3.05) is 40.6 Å². The summed E-state index contributed by atoms with van der Waals surface area (Å²) in [6, 6.07) is 0. The zero-order valence-corrected chi connectivity index (χ0v) is 12.4. The molecule has 0 spiro atoms. The third-order valence-corrected chi connectivity index (χ3v) is 3.01. The SMILES string of the molecule is CCC(COCCCCOCC(CC)OC)OC. The van der Waals surface area contributed by atoms with Gasteiger partial charge >= 0.3 is 0 Å². The highest BCUT2D eigenvalue weighted by molar-refractivity contribution is 4.53. The van der Waals surface area contributed by atoms with Crippen molar-refractivity contribution in [3.05, 3.63) is 0 Å². The summed E-state index contributed by atoms with van der Waals surface area (Å²) in [7, 11) is 3.45.